The van der Waals surface area contributed by atoms with Gasteiger partial charge in [-0.15, -0.1) is 0 Å². The predicted octanol–water partition coefficient (Wildman–Crippen LogP) is 7.27. The van der Waals surface area contributed by atoms with Crippen LogP contribution in [0.25, 0.3) is 0 Å². The van der Waals surface area contributed by atoms with E-state index in [1.807, 2.05) is 30.4 Å². The van der Waals surface area contributed by atoms with Crippen molar-refractivity contribution in [2.45, 2.75) is 69.4 Å². The van der Waals surface area contributed by atoms with Crippen LogP contribution in [0, 0.1) is 0 Å². The molecule has 0 aliphatic carbocycles. The maximum atomic E-state index is 12.2. The summed E-state index contributed by atoms with van der Waals surface area (Å²) in [6, 6.07) is 4.94. The van der Waals surface area contributed by atoms with Gasteiger partial charge in [0.25, 0.3) is 0 Å². The lowest BCUT2D eigenvalue weighted by molar-refractivity contribution is -0.126. The van der Waals surface area contributed by atoms with Gasteiger partial charge < -0.3 is 11.1 Å². The zero-order valence-electron chi connectivity index (χ0n) is 21.8. The molecule has 7 heteroatoms. The molecule has 37 heavy (non-hydrogen) atoms. The highest BCUT2D eigenvalue weighted by atomic mass is 33.1. The van der Waals surface area contributed by atoms with Gasteiger partial charge in [-0.3, -0.25) is 9.59 Å². The number of nitrogens with two attached hydrogens (primary N) is 1. The van der Waals surface area contributed by atoms with Gasteiger partial charge in [0.2, 0.25) is 11.8 Å². The molecule has 0 spiro atoms. The fourth-order valence-electron chi connectivity index (χ4n) is 2.87. The predicted molar refractivity (Wildman–Crippen MR) is 161 cm³/mol. The Morgan fingerprint density at radius 3 is 1.89 bits per heavy atom. The number of nitrogens with zero attached hydrogens (tertiary/aromatic N) is 1. The van der Waals surface area contributed by atoms with E-state index in [9.17, 15) is 9.59 Å². The van der Waals surface area contributed by atoms with Crippen molar-refractivity contribution in [2.75, 3.05) is 5.75 Å². The lowest BCUT2D eigenvalue weighted by atomic mass is 10.2. The number of carbonyl (C=O) groups is 2. The van der Waals surface area contributed by atoms with Gasteiger partial charge in [0.15, 0.2) is 0 Å². The van der Waals surface area contributed by atoms with Gasteiger partial charge in [0.05, 0.1) is 0 Å². The minimum Gasteiger partial charge on any atom is -0.368 e. The quantitative estimate of drug-likeness (QED) is 0.134. The monoisotopic (exact) mass is 539 g/mol. The Kier molecular flexibility index (Phi) is 20.6. The van der Waals surface area contributed by atoms with Crippen LogP contribution in [0.3, 0.4) is 0 Å². The molecule has 1 rings (SSSR count). The van der Waals surface area contributed by atoms with Crippen molar-refractivity contribution < 1.29 is 9.59 Å². The van der Waals surface area contributed by atoms with Crippen molar-refractivity contribution in [3.05, 3.63) is 97.3 Å². The van der Waals surface area contributed by atoms with Crippen molar-refractivity contribution in [1.29, 1.82) is 0 Å². The molecule has 3 N–H and O–H groups in total. The molecule has 0 bridgehead atoms. The lowest BCUT2D eigenvalue weighted by Gasteiger charge is -2.14. The van der Waals surface area contributed by atoms with Crippen molar-refractivity contribution >= 4 is 33.4 Å². The van der Waals surface area contributed by atoms with Crippen LogP contribution >= 0.6 is 21.6 Å². The first-order valence-corrected chi connectivity index (χ1v) is 15.1. The van der Waals surface area contributed by atoms with Crippen LogP contribution in [0.5, 0.6) is 0 Å². The number of pyridine rings is 1. The molecular weight excluding hydrogens is 498 g/mol. The van der Waals surface area contributed by atoms with E-state index in [1.165, 1.54) is 21.6 Å². The Bertz CT molecular complexity index is 922. The molecule has 1 unspecified atom stereocenters. The molecule has 0 aromatic carbocycles. The summed E-state index contributed by atoms with van der Waals surface area (Å²) >= 11 is 0. The Labute approximate surface area is 230 Å². The summed E-state index contributed by atoms with van der Waals surface area (Å²) in [4.78, 5) is 28.0. The number of allylic oxidation sites excluding steroid dienone is 12. The molecule has 1 aromatic rings. The van der Waals surface area contributed by atoms with Crippen LogP contribution in [0.1, 0.15) is 58.3 Å². The number of hydrogen-bond acceptors (Lipinski definition) is 5. The highest BCUT2D eigenvalue weighted by Gasteiger charge is 2.18. The number of primary amides is 1. The van der Waals surface area contributed by atoms with Gasteiger partial charge in [0, 0.05) is 18.4 Å². The highest BCUT2D eigenvalue weighted by molar-refractivity contribution is 8.76. The molecule has 0 aliphatic rings. The summed E-state index contributed by atoms with van der Waals surface area (Å²) in [6.45, 7) is 2.15. The second kappa shape index (κ2) is 23.6. The van der Waals surface area contributed by atoms with Crippen molar-refractivity contribution in [3.8, 4) is 0 Å². The maximum absolute atomic E-state index is 12.2. The zero-order chi connectivity index (χ0) is 26.8. The molecule has 0 radical (unpaired) electrons. The Hall–Kier alpha value is -2.77. The molecule has 1 atom stereocenters. The number of aromatic nitrogens is 1. The van der Waals surface area contributed by atoms with E-state index in [-0.39, 0.29) is 5.91 Å². The van der Waals surface area contributed by atoms with E-state index < -0.39 is 11.9 Å². The average molecular weight is 540 g/mol. The zero-order valence-corrected chi connectivity index (χ0v) is 23.5. The summed E-state index contributed by atoms with van der Waals surface area (Å²) in [5.74, 6) is -0.314. The molecule has 5 nitrogen and oxygen atoms in total. The summed E-state index contributed by atoms with van der Waals surface area (Å²) in [6.07, 6.45) is 34.3. The molecule has 2 amide bonds. The van der Waals surface area contributed by atoms with Crippen molar-refractivity contribution in [2.24, 2.45) is 5.73 Å². The summed E-state index contributed by atoms with van der Waals surface area (Å²) in [7, 11) is 2.89. The first-order chi connectivity index (χ1) is 18.1. The Morgan fingerprint density at radius 1 is 0.865 bits per heavy atom. The van der Waals surface area contributed by atoms with Gasteiger partial charge in [0.1, 0.15) is 11.1 Å². The van der Waals surface area contributed by atoms with Crippen LogP contribution in [-0.4, -0.2) is 28.6 Å². The largest absolute Gasteiger partial charge is 0.368 e. The normalized spacial score (nSPS) is 13.2. The molecular formula is C30H41N3O2S2. The van der Waals surface area contributed by atoms with Gasteiger partial charge in [-0.25, -0.2) is 4.98 Å². The third-order valence-corrected chi connectivity index (χ3v) is 7.10. The smallest absolute Gasteiger partial charge is 0.240 e. The van der Waals surface area contributed by atoms with Gasteiger partial charge in [-0.2, -0.15) is 0 Å². The topological polar surface area (TPSA) is 85.1 Å². The van der Waals surface area contributed by atoms with E-state index in [1.54, 1.807) is 6.20 Å². The number of hydrogen-bond donors (Lipinski definition) is 2. The van der Waals surface area contributed by atoms with Crippen LogP contribution in [0.15, 0.2) is 102 Å². The van der Waals surface area contributed by atoms with E-state index in [0.717, 1.165) is 43.6 Å². The minimum absolute atomic E-state index is 0.174. The Balaban J connectivity index is 2.09. The van der Waals surface area contributed by atoms with Gasteiger partial charge >= 0.3 is 0 Å². The summed E-state index contributed by atoms with van der Waals surface area (Å²) in [5.41, 5.74) is 5.44. The molecule has 0 fully saturated rings. The van der Waals surface area contributed by atoms with E-state index in [0.29, 0.717) is 18.6 Å². The SMILES string of the molecule is CC/C=C\C/C=C\C/C=C\C/C=C\C/C=C\C/C=C\CCC(=O)NC(CSSc1ccccn1)C(N)=O. The fraction of sp³-hybridized carbons (Fsp3) is 0.367. The number of carbonyl (C=O) groups excluding carboxylic acids is 2. The number of nitrogens with one attached hydrogen (secondary N) is 1. The first-order valence-electron chi connectivity index (χ1n) is 12.8. The lowest BCUT2D eigenvalue weighted by Crippen LogP contribution is -2.45. The summed E-state index contributed by atoms with van der Waals surface area (Å²) in [5, 5.41) is 3.57. The van der Waals surface area contributed by atoms with Crippen LogP contribution in [0.2, 0.25) is 0 Å². The van der Waals surface area contributed by atoms with Crippen LogP contribution in [-0.2, 0) is 9.59 Å². The number of amides is 2. The van der Waals surface area contributed by atoms with Gasteiger partial charge in [-0.05, 0) is 67.9 Å². The second-order valence-electron chi connectivity index (χ2n) is 8.01. The molecule has 0 aliphatic heterocycles. The summed E-state index contributed by atoms with van der Waals surface area (Å²) < 4.78 is 0. The van der Waals surface area contributed by atoms with Crippen LogP contribution < -0.4 is 11.1 Å². The van der Waals surface area contributed by atoms with Gasteiger partial charge in [-0.1, -0.05) is 96.7 Å². The van der Waals surface area contributed by atoms with E-state index in [4.69, 9.17) is 5.73 Å². The average Bonchev–Trinajstić information content (AvgIpc) is 2.90. The van der Waals surface area contributed by atoms with Crippen LogP contribution in [0.4, 0.5) is 0 Å². The van der Waals surface area contributed by atoms with E-state index in [2.05, 4.69) is 78.0 Å². The highest BCUT2D eigenvalue weighted by Crippen LogP contribution is 2.29. The molecule has 0 saturated carbocycles. The molecule has 200 valence electrons. The molecule has 1 heterocycles. The van der Waals surface area contributed by atoms with E-state index >= 15 is 0 Å². The third-order valence-electron chi connectivity index (χ3n) is 4.83. The van der Waals surface area contributed by atoms with Crippen molar-refractivity contribution in [1.82, 2.24) is 10.3 Å². The Morgan fingerprint density at radius 2 is 1.41 bits per heavy atom. The van der Waals surface area contributed by atoms with Crippen molar-refractivity contribution in [3.63, 3.8) is 0 Å². The third kappa shape index (κ3) is 20.0. The molecule has 1 aromatic heterocycles. The second-order valence-corrected chi connectivity index (χ2v) is 10.4. The standard InChI is InChI=1S/C30H41N3O2S2/c1-2-3-4-5-6-7-8-9-10-11-12-13-14-15-16-17-18-19-20-23-28(34)33-27(30(31)35)26-36-37-29-24-21-22-25-32-29/h3-4,6-7,9-10,12-13,15-16,18-19,21-22,24-25,27H,2,5,8,11,14,17,20,23,26H2,1H3,(H2,31,35)(H,33,34)/b4-3-,7-6-,10-9-,13-12-,16-15-,19-18-. The fourth-order valence-corrected chi connectivity index (χ4v) is 4.96. The molecule has 0 saturated heterocycles. The first kappa shape index (κ1) is 32.3. The maximum Gasteiger partial charge on any atom is 0.240 e. The number of rotatable bonds is 20. The minimum atomic E-state index is -0.695.